The van der Waals surface area contributed by atoms with Crippen LogP contribution in [0.15, 0.2) is 18.7 Å². The van der Waals surface area contributed by atoms with Crippen LogP contribution in [0.2, 0.25) is 0 Å². The Balaban J connectivity index is 0.000000345. The number of carboxylic acids is 1. The molecule has 156 valence electrons. The molecular weight excluding hydrogens is 379 g/mol. The van der Waals surface area contributed by atoms with E-state index in [0.717, 1.165) is 31.9 Å². The SMILES string of the molecule is CCOCC1c2c(ncn2C)CCN1Cc1nccn1C.O=C(O)C(F)(F)F. The number of nitrogens with zero attached hydrogens (tertiary/aromatic N) is 5. The van der Waals surface area contributed by atoms with E-state index >= 15 is 0 Å². The summed E-state index contributed by atoms with van der Waals surface area (Å²) in [5.41, 5.74) is 2.49. The molecule has 3 rings (SSSR count). The molecule has 1 atom stereocenters. The van der Waals surface area contributed by atoms with Gasteiger partial charge in [0, 0.05) is 46.1 Å². The Morgan fingerprint density at radius 3 is 2.54 bits per heavy atom. The van der Waals surface area contributed by atoms with Crippen LogP contribution in [-0.4, -0.2) is 61.0 Å². The number of hydrogen-bond acceptors (Lipinski definition) is 5. The molecule has 1 aliphatic heterocycles. The minimum Gasteiger partial charge on any atom is -0.475 e. The maximum Gasteiger partial charge on any atom is 0.490 e. The molecule has 0 spiro atoms. The molecule has 2 aromatic heterocycles. The lowest BCUT2D eigenvalue weighted by Crippen LogP contribution is -2.39. The van der Waals surface area contributed by atoms with Gasteiger partial charge < -0.3 is 19.0 Å². The molecule has 1 unspecified atom stereocenters. The number of aliphatic carboxylic acids is 1. The topological polar surface area (TPSA) is 85.4 Å². The van der Waals surface area contributed by atoms with Crippen LogP contribution >= 0.6 is 0 Å². The van der Waals surface area contributed by atoms with E-state index in [1.54, 1.807) is 0 Å². The third-order valence-corrected chi connectivity index (χ3v) is 4.44. The predicted octanol–water partition coefficient (Wildman–Crippen LogP) is 1.92. The lowest BCUT2D eigenvalue weighted by Gasteiger charge is -2.35. The average Bonchev–Trinajstić information content (AvgIpc) is 3.20. The van der Waals surface area contributed by atoms with Crippen molar-refractivity contribution in [2.24, 2.45) is 14.1 Å². The van der Waals surface area contributed by atoms with Crippen molar-refractivity contribution >= 4 is 5.97 Å². The summed E-state index contributed by atoms with van der Waals surface area (Å²) in [4.78, 5) is 20.3. The van der Waals surface area contributed by atoms with Gasteiger partial charge in [-0.3, -0.25) is 4.90 Å². The zero-order valence-corrected chi connectivity index (χ0v) is 16.0. The number of carboxylic acid groups (broad SMARTS) is 1. The quantitative estimate of drug-likeness (QED) is 0.821. The van der Waals surface area contributed by atoms with E-state index in [-0.39, 0.29) is 6.04 Å². The van der Waals surface area contributed by atoms with Crippen LogP contribution in [0.25, 0.3) is 0 Å². The van der Waals surface area contributed by atoms with Gasteiger partial charge in [-0.1, -0.05) is 0 Å². The van der Waals surface area contributed by atoms with Crippen molar-refractivity contribution in [1.29, 1.82) is 0 Å². The molecule has 11 heteroatoms. The minimum atomic E-state index is -5.08. The zero-order valence-electron chi connectivity index (χ0n) is 16.0. The summed E-state index contributed by atoms with van der Waals surface area (Å²) in [5, 5.41) is 7.12. The number of fused-ring (bicyclic) bond motifs is 1. The van der Waals surface area contributed by atoms with E-state index in [2.05, 4.69) is 31.0 Å². The lowest BCUT2D eigenvalue weighted by atomic mass is 10.0. The standard InChI is InChI=1S/C15H23N5O.C2HF3O2/c1-4-21-10-13-15-12(17-11-19(15)3)5-7-20(13)9-14-16-6-8-18(14)2;3-2(4,5)1(6)7/h6,8,11,13H,4-5,7,9-10H2,1-3H3;(H,6,7). The molecule has 0 radical (unpaired) electrons. The molecule has 2 aromatic rings. The van der Waals surface area contributed by atoms with Crippen LogP contribution in [0.5, 0.6) is 0 Å². The number of rotatable bonds is 5. The van der Waals surface area contributed by atoms with Gasteiger partial charge in [-0.2, -0.15) is 13.2 Å². The Kier molecular flexibility index (Phi) is 7.19. The van der Waals surface area contributed by atoms with E-state index in [1.807, 2.05) is 32.7 Å². The van der Waals surface area contributed by atoms with Crippen LogP contribution in [0, 0.1) is 0 Å². The summed E-state index contributed by atoms with van der Waals surface area (Å²) in [6.45, 7) is 5.31. The summed E-state index contributed by atoms with van der Waals surface area (Å²) in [5.74, 6) is -1.67. The van der Waals surface area contributed by atoms with E-state index in [4.69, 9.17) is 14.6 Å². The van der Waals surface area contributed by atoms with E-state index < -0.39 is 12.1 Å². The molecule has 28 heavy (non-hydrogen) atoms. The van der Waals surface area contributed by atoms with Crippen molar-refractivity contribution in [2.45, 2.75) is 32.1 Å². The van der Waals surface area contributed by atoms with E-state index in [0.29, 0.717) is 6.61 Å². The Hall–Kier alpha value is -2.40. The van der Waals surface area contributed by atoms with Crippen molar-refractivity contribution in [3.05, 3.63) is 35.9 Å². The normalized spacial score (nSPS) is 17.0. The molecule has 0 saturated carbocycles. The first kappa shape index (κ1) is 21.9. The van der Waals surface area contributed by atoms with Crippen LogP contribution in [0.4, 0.5) is 13.2 Å². The monoisotopic (exact) mass is 403 g/mol. The number of ether oxygens (including phenoxy) is 1. The third-order valence-electron chi connectivity index (χ3n) is 4.44. The average molecular weight is 403 g/mol. The van der Waals surface area contributed by atoms with Gasteiger partial charge in [-0.15, -0.1) is 0 Å². The number of aryl methyl sites for hydroxylation is 2. The summed E-state index contributed by atoms with van der Waals surface area (Å²) < 4.78 is 41.7. The fraction of sp³-hybridized carbons (Fsp3) is 0.588. The highest BCUT2D eigenvalue weighted by molar-refractivity contribution is 5.73. The Labute approximate surface area is 160 Å². The first-order chi connectivity index (χ1) is 13.1. The highest BCUT2D eigenvalue weighted by atomic mass is 19.4. The molecule has 3 heterocycles. The molecule has 0 amide bonds. The van der Waals surface area contributed by atoms with Crippen molar-refractivity contribution in [3.8, 4) is 0 Å². The summed E-state index contributed by atoms with van der Waals surface area (Å²) in [7, 11) is 4.11. The van der Waals surface area contributed by atoms with Crippen LogP contribution < -0.4 is 0 Å². The summed E-state index contributed by atoms with van der Waals surface area (Å²) in [6.07, 6.45) is 1.66. The first-order valence-electron chi connectivity index (χ1n) is 8.73. The number of imidazole rings is 2. The van der Waals surface area contributed by atoms with Gasteiger partial charge in [-0.25, -0.2) is 14.8 Å². The van der Waals surface area contributed by atoms with E-state index in [1.165, 1.54) is 11.4 Å². The molecule has 1 N–H and O–H groups in total. The van der Waals surface area contributed by atoms with Crippen LogP contribution in [0.3, 0.4) is 0 Å². The smallest absolute Gasteiger partial charge is 0.475 e. The second-order valence-electron chi connectivity index (χ2n) is 6.34. The van der Waals surface area contributed by atoms with Gasteiger partial charge in [0.15, 0.2) is 0 Å². The minimum absolute atomic E-state index is 0.248. The number of hydrogen-bond donors (Lipinski definition) is 1. The van der Waals surface area contributed by atoms with Gasteiger partial charge in [0.05, 0.1) is 36.9 Å². The zero-order chi connectivity index (χ0) is 20.9. The maximum atomic E-state index is 10.6. The molecule has 0 saturated heterocycles. The molecule has 0 aliphatic carbocycles. The van der Waals surface area contributed by atoms with Crippen molar-refractivity contribution in [2.75, 3.05) is 19.8 Å². The molecule has 1 aliphatic rings. The maximum absolute atomic E-state index is 10.6. The fourth-order valence-corrected chi connectivity index (χ4v) is 3.02. The molecular formula is C17H24F3N5O3. The second kappa shape index (κ2) is 9.20. The van der Waals surface area contributed by atoms with E-state index in [9.17, 15) is 13.2 Å². The Morgan fingerprint density at radius 2 is 2.00 bits per heavy atom. The van der Waals surface area contributed by atoms with Crippen molar-refractivity contribution in [1.82, 2.24) is 24.0 Å². The summed E-state index contributed by atoms with van der Waals surface area (Å²) in [6, 6.07) is 0.248. The van der Waals surface area contributed by atoms with Gasteiger partial charge in [0.25, 0.3) is 0 Å². The van der Waals surface area contributed by atoms with Crippen LogP contribution in [0.1, 0.15) is 30.2 Å². The van der Waals surface area contributed by atoms with Gasteiger partial charge in [0.1, 0.15) is 5.82 Å². The molecule has 8 nitrogen and oxygen atoms in total. The Morgan fingerprint density at radius 1 is 1.32 bits per heavy atom. The first-order valence-corrected chi connectivity index (χ1v) is 8.73. The van der Waals surface area contributed by atoms with Crippen LogP contribution in [-0.2, 0) is 36.6 Å². The number of alkyl halides is 3. The Bertz CT molecular complexity index is 787. The number of aromatic nitrogens is 4. The van der Waals surface area contributed by atoms with Gasteiger partial charge in [-0.05, 0) is 6.92 Å². The number of halogens is 3. The van der Waals surface area contributed by atoms with Gasteiger partial charge >= 0.3 is 12.1 Å². The third kappa shape index (κ3) is 5.32. The molecule has 0 aromatic carbocycles. The van der Waals surface area contributed by atoms with Crippen molar-refractivity contribution in [3.63, 3.8) is 0 Å². The highest BCUT2D eigenvalue weighted by Crippen LogP contribution is 2.30. The van der Waals surface area contributed by atoms with Gasteiger partial charge in [0.2, 0.25) is 0 Å². The molecule has 0 fully saturated rings. The lowest BCUT2D eigenvalue weighted by molar-refractivity contribution is -0.192. The van der Waals surface area contributed by atoms with Crippen molar-refractivity contribution < 1.29 is 27.8 Å². The second-order valence-corrected chi connectivity index (χ2v) is 6.34. The fourth-order valence-electron chi connectivity index (χ4n) is 3.02. The predicted molar refractivity (Wildman–Crippen MR) is 93.5 cm³/mol. The largest absolute Gasteiger partial charge is 0.490 e. The highest BCUT2D eigenvalue weighted by Gasteiger charge is 2.38. The molecule has 0 bridgehead atoms. The number of carbonyl (C=O) groups is 1. The summed E-state index contributed by atoms with van der Waals surface area (Å²) >= 11 is 0.